The van der Waals surface area contributed by atoms with Gasteiger partial charge in [-0.3, -0.25) is 19.2 Å². The zero-order chi connectivity index (χ0) is 50.7. The van der Waals surface area contributed by atoms with Crippen LogP contribution in [0.3, 0.4) is 0 Å². The van der Waals surface area contributed by atoms with E-state index < -0.39 is 77.6 Å². The third-order valence-electron chi connectivity index (χ3n) is 16.8. The number of piperidine rings is 2. The van der Waals surface area contributed by atoms with Crippen LogP contribution in [-0.4, -0.2) is 133 Å². The SMILES string of the molecule is COC1CC(C[C@H]2C3CCCN4C(=O)C(=O)C5(O)O[C@H](CC/C(C)=C/C=C/C=C/[C@@H](C)CC(C)C(=O)[C@H](OC)C(O)/C(C)=C/[C@@H](C)C(=O)C[C@@H]2OC(=O)C34)CCC5C)CC[C@H]1OCCC1CCNCC1. The van der Waals surface area contributed by atoms with Crippen molar-refractivity contribution in [2.75, 3.05) is 40.5 Å². The Morgan fingerprint density at radius 1 is 0.857 bits per heavy atom. The normalized spacial score (nSPS) is 41.0. The van der Waals surface area contributed by atoms with Crippen molar-refractivity contribution < 1.29 is 57.9 Å². The number of nitrogens with one attached hydrogen (secondary N) is 1. The molecule has 1 amide bonds. The number of ketones is 3. The van der Waals surface area contributed by atoms with Crippen LogP contribution >= 0.6 is 0 Å². The standard InChI is InChI=1S/C56H86N2O12/c1-34-13-10-9-11-14-35(2)29-37(4)50(60)52(67-8)51(61)38(5)30-36(3)45(59)33-47-44(31-41-18-21-46(48(32-41)66-7)68-28-24-40-22-25-57-26-23-40)43-15-12-27-58(49(43)55(64)69-47)54(63)53(62)56(65)39(6)17-20-42(70-56)19-16-34/h9-11,13-14,30,35-37,39-44,46-49,51-52,57,61,65H,12,15-29,31-33H2,1-8H3/b10-9+,14-11+,34-13+,38-30+/t35-,36-,37?,39?,41?,42-,43?,44+,46-,47+,48?,49?,51?,52+,56?/m1/s1. The zero-order valence-electron chi connectivity index (χ0n) is 43.5. The van der Waals surface area contributed by atoms with Crippen LogP contribution in [0.15, 0.2) is 47.6 Å². The molecule has 6 aliphatic rings. The van der Waals surface area contributed by atoms with Crippen molar-refractivity contribution in [2.45, 2.75) is 186 Å². The summed E-state index contributed by atoms with van der Waals surface area (Å²) >= 11 is 0. The number of rotatable bonds is 8. The zero-order valence-corrected chi connectivity index (χ0v) is 43.5. The van der Waals surface area contributed by atoms with E-state index in [9.17, 15) is 34.2 Å². The minimum atomic E-state index is -2.36. The summed E-state index contributed by atoms with van der Waals surface area (Å²) in [6.45, 7) is 13.9. The summed E-state index contributed by atoms with van der Waals surface area (Å²) in [6, 6.07) is -1.08. The fourth-order valence-electron chi connectivity index (χ4n) is 12.4. The summed E-state index contributed by atoms with van der Waals surface area (Å²) in [5.74, 6) is -7.15. The van der Waals surface area contributed by atoms with Gasteiger partial charge in [0.1, 0.15) is 30.1 Å². The number of hydrogen-bond donors (Lipinski definition) is 3. The Bertz CT molecular complexity index is 1920. The van der Waals surface area contributed by atoms with Crippen molar-refractivity contribution in [1.29, 1.82) is 0 Å². The van der Waals surface area contributed by atoms with Gasteiger partial charge in [0.2, 0.25) is 5.79 Å². The van der Waals surface area contributed by atoms with Gasteiger partial charge in [-0.1, -0.05) is 69.7 Å². The van der Waals surface area contributed by atoms with E-state index in [0.717, 1.165) is 57.2 Å². The molecule has 15 atom stereocenters. The lowest BCUT2D eigenvalue weighted by molar-refractivity contribution is -0.263. The van der Waals surface area contributed by atoms with Crippen molar-refractivity contribution in [3.05, 3.63) is 47.6 Å². The monoisotopic (exact) mass is 979 g/mol. The Hall–Kier alpha value is -3.37. The van der Waals surface area contributed by atoms with Crippen LogP contribution in [0.5, 0.6) is 0 Å². The molecule has 0 spiro atoms. The van der Waals surface area contributed by atoms with Crippen LogP contribution in [0, 0.1) is 47.3 Å². The number of methoxy groups -OCH3 is 2. The molecule has 392 valence electrons. The number of amides is 1. The number of aliphatic hydroxyl groups excluding tert-OH is 1. The maximum absolute atomic E-state index is 14.5. The summed E-state index contributed by atoms with van der Waals surface area (Å²) in [5, 5.41) is 27.0. The molecule has 14 nitrogen and oxygen atoms in total. The lowest BCUT2D eigenvalue weighted by Gasteiger charge is -2.50. The minimum Gasteiger partial charge on any atom is -0.460 e. The molecule has 1 saturated carbocycles. The van der Waals surface area contributed by atoms with Crippen molar-refractivity contribution >= 4 is 29.2 Å². The summed E-state index contributed by atoms with van der Waals surface area (Å²) < 4.78 is 30.7. The number of carbonyl (C=O) groups is 5. The summed E-state index contributed by atoms with van der Waals surface area (Å²) in [5.41, 5.74) is 1.50. The number of ether oxygens (including phenoxy) is 5. The summed E-state index contributed by atoms with van der Waals surface area (Å²) in [6.07, 6.45) is 17.8. The van der Waals surface area contributed by atoms with Gasteiger partial charge in [-0.15, -0.1) is 0 Å². The Morgan fingerprint density at radius 3 is 2.34 bits per heavy atom. The van der Waals surface area contributed by atoms with Crippen molar-refractivity contribution in [1.82, 2.24) is 10.2 Å². The Morgan fingerprint density at radius 2 is 1.61 bits per heavy atom. The molecule has 3 N–H and O–H groups in total. The lowest BCUT2D eigenvalue weighted by atomic mass is 9.68. The Kier molecular flexibility index (Phi) is 20.8. The van der Waals surface area contributed by atoms with Crippen LogP contribution < -0.4 is 5.32 Å². The van der Waals surface area contributed by atoms with E-state index in [2.05, 4.69) is 5.32 Å². The first-order valence-corrected chi connectivity index (χ1v) is 26.7. The predicted molar refractivity (Wildman–Crippen MR) is 266 cm³/mol. The fraction of sp³-hybridized carbons (Fsp3) is 0.768. The highest BCUT2D eigenvalue weighted by atomic mass is 16.6. The number of nitrogens with zero attached hydrogens (tertiary/aromatic N) is 1. The van der Waals surface area contributed by atoms with Crippen molar-refractivity contribution in [2.24, 2.45) is 47.3 Å². The number of fused-ring (bicyclic) bond motifs is 4. The first kappa shape index (κ1) is 55.9. The molecular weight excluding hydrogens is 893 g/mol. The molecule has 5 heterocycles. The fourth-order valence-corrected chi connectivity index (χ4v) is 12.4. The molecule has 0 aromatic heterocycles. The molecule has 5 fully saturated rings. The topological polar surface area (TPSA) is 187 Å². The van der Waals surface area contributed by atoms with E-state index >= 15 is 0 Å². The molecule has 14 heteroatoms. The van der Waals surface area contributed by atoms with Gasteiger partial charge in [-0.05, 0) is 146 Å². The average molecular weight is 979 g/mol. The second-order valence-corrected chi connectivity index (χ2v) is 22.0. The van der Waals surface area contributed by atoms with Gasteiger partial charge in [0, 0.05) is 57.5 Å². The minimum absolute atomic E-state index is 0.0444. The van der Waals surface area contributed by atoms with E-state index in [4.69, 9.17) is 23.7 Å². The Balaban J connectivity index is 1.27. The van der Waals surface area contributed by atoms with Gasteiger partial charge < -0.3 is 44.1 Å². The molecule has 6 rings (SSSR count). The first-order chi connectivity index (χ1) is 33.4. The maximum Gasteiger partial charge on any atom is 0.329 e. The summed E-state index contributed by atoms with van der Waals surface area (Å²) in [7, 11) is 3.13. The lowest BCUT2D eigenvalue weighted by Crippen LogP contribution is -2.65. The van der Waals surface area contributed by atoms with Crippen LogP contribution in [-0.2, 0) is 47.7 Å². The number of esters is 1. The molecule has 1 aliphatic carbocycles. The number of carbonyl (C=O) groups excluding carboxylic acids is 5. The van der Waals surface area contributed by atoms with Gasteiger partial charge in [-0.2, -0.15) is 0 Å². The van der Waals surface area contributed by atoms with Gasteiger partial charge >= 0.3 is 5.97 Å². The highest BCUT2D eigenvalue weighted by Gasteiger charge is 2.57. The number of allylic oxidation sites excluding steroid dienone is 7. The van der Waals surface area contributed by atoms with Crippen molar-refractivity contribution in [3.8, 4) is 0 Å². The van der Waals surface area contributed by atoms with Crippen molar-refractivity contribution in [3.63, 3.8) is 0 Å². The smallest absolute Gasteiger partial charge is 0.329 e. The number of hydrogen-bond acceptors (Lipinski definition) is 13. The third-order valence-corrected chi connectivity index (χ3v) is 16.8. The maximum atomic E-state index is 14.5. The van der Waals surface area contributed by atoms with Crippen LogP contribution in [0.2, 0.25) is 0 Å². The van der Waals surface area contributed by atoms with Crippen LogP contribution in [0.4, 0.5) is 0 Å². The quantitative estimate of drug-likeness (QED) is 0.126. The summed E-state index contributed by atoms with van der Waals surface area (Å²) in [4.78, 5) is 72.7. The van der Waals surface area contributed by atoms with E-state index in [1.54, 1.807) is 34.0 Å². The van der Waals surface area contributed by atoms with Crippen LogP contribution in [0.25, 0.3) is 0 Å². The molecule has 70 heavy (non-hydrogen) atoms. The van der Waals surface area contributed by atoms with Gasteiger partial charge in [0.05, 0.1) is 18.3 Å². The second-order valence-electron chi connectivity index (χ2n) is 22.0. The van der Waals surface area contributed by atoms with E-state index in [0.29, 0.717) is 69.5 Å². The third kappa shape index (κ3) is 14.0. The molecule has 0 aromatic rings. The first-order valence-electron chi connectivity index (χ1n) is 26.7. The van der Waals surface area contributed by atoms with Gasteiger partial charge in [0.25, 0.3) is 11.7 Å². The van der Waals surface area contributed by atoms with Gasteiger partial charge in [-0.25, -0.2) is 4.79 Å². The number of Topliss-reactive ketones (excluding diaryl/α,β-unsaturated/α-hetero) is 3. The van der Waals surface area contributed by atoms with Crippen LogP contribution in [0.1, 0.15) is 138 Å². The number of aliphatic hydroxyl groups is 2. The van der Waals surface area contributed by atoms with E-state index in [1.165, 1.54) is 12.0 Å². The average Bonchev–Trinajstić information content (AvgIpc) is 3.35. The highest BCUT2D eigenvalue weighted by molar-refractivity contribution is 6.39. The second kappa shape index (κ2) is 26.0. The molecule has 0 radical (unpaired) electrons. The molecule has 0 aromatic carbocycles. The largest absolute Gasteiger partial charge is 0.460 e. The van der Waals surface area contributed by atoms with E-state index in [-0.39, 0.29) is 54.5 Å². The molecular formula is C56H86N2O12. The molecule has 8 unspecified atom stereocenters. The van der Waals surface area contributed by atoms with E-state index in [1.807, 2.05) is 51.2 Å². The molecule has 4 bridgehead atoms. The van der Waals surface area contributed by atoms with Gasteiger partial charge in [0.15, 0.2) is 5.78 Å². The highest BCUT2D eigenvalue weighted by Crippen LogP contribution is 2.45. The molecule has 4 saturated heterocycles. The Labute approximate surface area is 417 Å². The molecule has 5 aliphatic heterocycles. The predicted octanol–water partition coefficient (Wildman–Crippen LogP) is 7.19.